The molecule has 0 aliphatic rings. The Hall–Kier alpha value is -1.97. The average molecular weight is 201 g/mol. The van der Waals surface area contributed by atoms with Crippen molar-refractivity contribution in [1.29, 1.82) is 0 Å². The fourth-order valence-corrected chi connectivity index (χ4v) is 1.35. The molecule has 0 aliphatic carbocycles. The van der Waals surface area contributed by atoms with Crippen LogP contribution in [-0.2, 0) is 11.3 Å². The minimum atomic E-state index is 0.0690. The van der Waals surface area contributed by atoms with Crippen LogP contribution in [0.5, 0.6) is 0 Å². The molecule has 0 saturated carbocycles. The number of carbonyl (C=O) groups excluding carboxylic acids is 1. The van der Waals surface area contributed by atoms with E-state index in [0.717, 1.165) is 11.3 Å². The molecular weight excluding hydrogens is 190 g/mol. The van der Waals surface area contributed by atoms with Crippen molar-refractivity contribution < 1.29 is 4.79 Å². The second-order valence-electron chi connectivity index (χ2n) is 3.37. The van der Waals surface area contributed by atoms with Gasteiger partial charge in [0, 0.05) is 5.56 Å². The molecule has 1 aromatic carbocycles. The van der Waals surface area contributed by atoms with Gasteiger partial charge in [-0.1, -0.05) is 35.5 Å². The summed E-state index contributed by atoms with van der Waals surface area (Å²) in [5.41, 5.74) is 1.80. The molecule has 4 heteroatoms. The van der Waals surface area contributed by atoms with Gasteiger partial charge in [0.25, 0.3) is 0 Å². The highest BCUT2D eigenvalue weighted by Gasteiger charge is 2.03. The first-order chi connectivity index (χ1) is 7.25. The maximum Gasteiger partial charge on any atom is 0.151 e. The van der Waals surface area contributed by atoms with Crippen LogP contribution in [0.15, 0.2) is 36.5 Å². The molecular formula is C11H11N3O. The third-order valence-corrected chi connectivity index (χ3v) is 1.99. The zero-order chi connectivity index (χ0) is 10.7. The normalized spacial score (nSPS) is 10.2. The first kappa shape index (κ1) is 9.58. The van der Waals surface area contributed by atoms with Crippen molar-refractivity contribution in [2.45, 2.75) is 13.5 Å². The molecule has 0 atom stereocenters. The molecule has 0 unspecified atom stereocenters. The van der Waals surface area contributed by atoms with Crippen LogP contribution in [0.2, 0.25) is 0 Å². The van der Waals surface area contributed by atoms with Gasteiger partial charge in [-0.2, -0.15) is 0 Å². The largest absolute Gasteiger partial charge is 0.298 e. The molecule has 4 nitrogen and oxygen atoms in total. The van der Waals surface area contributed by atoms with Gasteiger partial charge in [-0.25, -0.2) is 4.68 Å². The van der Waals surface area contributed by atoms with Crippen LogP contribution in [0, 0.1) is 0 Å². The molecule has 0 radical (unpaired) electrons. The Labute approximate surface area is 87.5 Å². The van der Waals surface area contributed by atoms with Crippen molar-refractivity contribution in [2.75, 3.05) is 0 Å². The lowest BCUT2D eigenvalue weighted by Gasteiger charge is -1.93. The summed E-state index contributed by atoms with van der Waals surface area (Å²) in [5.74, 6) is 0.0690. The highest BCUT2D eigenvalue weighted by atomic mass is 16.1. The summed E-state index contributed by atoms with van der Waals surface area (Å²) in [5, 5.41) is 7.88. The lowest BCUT2D eigenvalue weighted by Crippen LogP contribution is -2.06. The Bertz CT molecular complexity index is 462. The van der Waals surface area contributed by atoms with E-state index in [1.807, 2.05) is 30.3 Å². The van der Waals surface area contributed by atoms with Gasteiger partial charge in [0.2, 0.25) is 0 Å². The summed E-state index contributed by atoms with van der Waals surface area (Å²) in [6, 6.07) is 9.76. The lowest BCUT2D eigenvalue weighted by atomic mass is 10.2. The number of benzene rings is 1. The summed E-state index contributed by atoms with van der Waals surface area (Å²) in [6.07, 6.45) is 1.77. The lowest BCUT2D eigenvalue weighted by molar-refractivity contribution is -0.117. The molecule has 2 rings (SSSR count). The second-order valence-corrected chi connectivity index (χ2v) is 3.37. The van der Waals surface area contributed by atoms with Crippen LogP contribution in [-0.4, -0.2) is 20.8 Å². The fourth-order valence-electron chi connectivity index (χ4n) is 1.35. The summed E-state index contributed by atoms with van der Waals surface area (Å²) in [4.78, 5) is 10.9. The summed E-state index contributed by atoms with van der Waals surface area (Å²) < 4.78 is 1.55. The smallest absolute Gasteiger partial charge is 0.151 e. The molecule has 2 aromatic rings. The topological polar surface area (TPSA) is 47.8 Å². The summed E-state index contributed by atoms with van der Waals surface area (Å²) in [6.45, 7) is 1.81. The van der Waals surface area contributed by atoms with Crippen LogP contribution in [0.1, 0.15) is 6.92 Å². The van der Waals surface area contributed by atoms with Crippen LogP contribution in [0.25, 0.3) is 11.3 Å². The number of Topliss-reactive ketones (excluding diaryl/α,β-unsaturated/α-hetero) is 1. The van der Waals surface area contributed by atoms with Gasteiger partial charge in [-0.05, 0) is 6.92 Å². The Morgan fingerprint density at radius 1 is 1.33 bits per heavy atom. The molecule has 0 fully saturated rings. The molecule has 1 heterocycles. The SMILES string of the molecule is CC(=O)Cn1cc(-c2ccccc2)nn1. The van der Waals surface area contributed by atoms with E-state index in [2.05, 4.69) is 10.3 Å². The van der Waals surface area contributed by atoms with E-state index in [1.54, 1.807) is 10.9 Å². The van der Waals surface area contributed by atoms with E-state index in [-0.39, 0.29) is 12.3 Å². The predicted molar refractivity (Wildman–Crippen MR) is 56.1 cm³/mol. The number of ketones is 1. The van der Waals surface area contributed by atoms with Gasteiger partial charge >= 0.3 is 0 Å². The summed E-state index contributed by atoms with van der Waals surface area (Å²) >= 11 is 0. The van der Waals surface area contributed by atoms with E-state index in [4.69, 9.17) is 0 Å². The number of hydrogen-bond acceptors (Lipinski definition) is 3. The van der Waals surface area contributed by atoms with E-state index >= 15 is 0 Å². The van der Waals surface area contributed by atoms with Crippen molar-refractivity contribution in [1.82, 2.24) is 15.0 Å². The van der Waals surface area contributed by atoms with Gasteiger partial charge in [0.1, 0.15) is 12.2 Å². The maximum atomic E-state index is 10.9. The molecule has 76 valence electrons. The second kappa shape index (κ2) is 4.04. The number of aromatic nitrogens is 3. The van der Waals surface area contributed by atoms with Gasteiger partial charge in [0.15, 0.2) is 5.78 Å². The van der Waals surface area contributed by atoms with Crippen molar-refractivity contribution in [2.24, 2.45) is 0 Å². The third-order valence-electron chi connectivity index (χ3n) is 1.99. The Morgan fingerprint density at radius 2 is 2.07 bits per heavy atom. The van der Waals surface area contributed by atoms with E-state index in [0.29, 0.717) is 0 Å². The highest BCUT2D eigenvalue weighted by molar-refractivity contribution is 5.75. The first-order valence-electron chi connectivity index (χ1n) is 4.71. The standard InChI is InChI=1S/C11H11N3O/c1-9(15)7-14-8-11(12-13-14)10-5-3-2-4-6-10/h2-6,8H,7H2,1H3. The fraction of sp³-hybridized carbons (Fsp3) is 0.182. The minimum absolute atomic E-state index is 0.0690. The van der Waals surface area contributed by atoms with Crippen LogP contribution < -0.4 is 0 Å². The molecule has 0 amide bonds. The third kappa shape index (κ3) is 2.28. The van der Waals surface area contributed by atoms with Gasteiger partial charge in [-0.15, -0.1) is 5.10 Å². The zero-order valence-electron chi connectivity index (χ0n) is 8.42. The van der Waals surface area contributed by atoms with Crippen LogP contribution in [0.3, 0.4) is 0 Å². The molecule has 1 aromatic heterocycles. The predicted octanol–water partition coefficient (Wildman–Crippen LogP) is 1.53. The van der Waals surface area contributed by atoms with Gasteiger partial charge in [0.05, 0.1) is 6.20 Å². The molecule has 0 saturated heterocycles. The minimum Gasteiger partial charge on any atom is -0.298 e. The van der Waals surface area contributed by atoms with E-state index in [9.17, 15) is 4.79 Å². The van der Waals surface area contributed by atoms with Gasteiger partial charge < -0.3 is 0 Å². The maximum absolute atomic E-state index is 10.9. The van der Waals surface area contributed by atoms with E-state index in [1.165, 1.54) is 6.92 Å². The van der Waals surface area contributed by atoms with Crippen molar-refractivity contribution in [3.8, 4) is 11.3 Å². The van der Waals surface area contributed by atoms with Crippen LogP contribution >= 0.6 is 0 Å². The molecule has 0 N–H and O–H groups in total. The van der Waals surface area contributed by atoms with Crippen molar-refractivity contribution in [3.05, 3.63) is 36.5 Å². The molecule has 0 spiro atoms. The first-order valence-corrected chi connectivity index (χ1v) is 4.71. The number of carbonyl (C=O) groups is 1. The Balaban J connectivity index is 2.24. The molecule has 15 heavy (non-hydrogen) atoms. The number of nitrogens with zero attached hydrogens (tertiary/aromatic N) is 3. The monoisotopic (exact) mass is 201 g/mol. The molecule has 0 bridgehead atoms. The highest BCUT2D eigenvalue weighted by Crippen LogP contribution is 2.14. The van der Waals surface area contributed by atoms with Crippen LogP contribution in [0.4, 0.5) is 0 Å². The Kier molecular flexibility index (Phi) is 2.58. The number of hydrogen-bond donors (Lipinski definition) is 0. The van der Waals surface area contributed by atoms with Gasteiger partial charge in [-0.3, -0.25) is 4.79 Å². The Morgan fingerprint density at radius 3 is 2.73 bits per heavy atom. The summed E-state index contributed by atoms with van der Waals surface area (Å²) in [7, 11) is 0. The quantitative estimate of drug-likeness (QED) is 0.756. The van der Waals surface area contributed by atoms with E-state index < -0.39 is 0 Å². The molecule has 0 aliphatic heterocycles. The van der Waals surface area contributed by atoms with Crippen molar-refractivity contribution >= 4 is 5.78 Å². The van der Waals surface area contributed by atoms with Crippen molar-refractivity contribution in [3.63, 3.8) is 0 Å². The average Bonchev–Trinajstić information content (AvgIpc) is 2.67. The number of rotatable bonds is 3. The zero-order valence-corrected chi connectivity index (χ0v) is 8.42.